The fourth-order valence-corrected chi connectivity index (χ4v) is 2.95. The summed E-state index contributed by atoms with van der Waals surface area (Å²) in [4.78, 5) is 22.7. The molecule has 1 amide bonds. The van der Waals surface area contributed by atoms with Crippen molar-refractivity contribution >= 4 is 17.7 Å². The Morgan fingerprint density at radius 2 is 2.04 bits per heavy atom. The lowest BCUT2D eigenvalue weighted by molar-refractivity contribution is -0.118. The van der Waals surface area contributed by atoms with Crippen LogP contribution < -0.4 is 5.32 Å². The minimum absolute atomic E-state index is 0.0106. The van der Waals surface area contributed by atoms with Gasteiger partial charge in [0, 0.05) is 17.9 Å². The number of likely N-dealkylation sites (N-methyl/N-ethyl adjacent to an activating group) is 1. The zero-order valence-corrected chi connectivity index (χ0v) is 14.7. The Kier molecular flexibility index (Phi) is 6.18. The predicted octanol–water partition coefficient (Wildman–Crippen LogP) is 2.20. The number of thioether (sulfide) groups is 1. The fraction of sp³-hybridized carbons (Fsp3) is 0.438. The first-order valence-electron chi connectivity index (χ1n) is 7.37. The topological polar surface area (TPSA) is 71.3 Å². The number of aryl methyl sites for hydroxylation is 2. The molecule has 0 fully saturated rings. The van der Waals surface area contributed by atoms with Gasteiger partial charge in [-0.2, -0.15) is 0 Å². The number of carbonyl (C=O) groups excluding carboxylic acids is 1. The number of nitrogens with zero attached hydrogens (tertiary/aromatic N) is 3. The van der Waals surface area contributed by atoms with Crippen molar-refractivity contribution in [3.8, 4) is 0 Å². The third-order valence-electron chi connectivity index (χ3n) is 3.28. The van der Waals surface area contributed by atoms with Gasteiger partial charge in [0.2, 0.25) is 5.91 Å². The summed E-state index contributed by atoms with van der Waals surface area (Å²) >= 11 is 1.34. The third kappa shape index (κ3) is 5.37. The maximum Gasteiger partial charge on any atom is 0.230 e. The maximum atomic E-state index is 12.0. The molecular weight excluding hydrogens is 312 g/mol. The SMILES string of the molecule is Cc1cc(C)nc(SCC(=O)NCC(c2ccco2)N(C)C)n1. The highest BCUT2D eigenvalue weighted by Crippen LogP contribution is 2.18. The highest BCUT2D eigenvalue weighted by Gasteiger charge is 2.18. The van der Waals surface area contributed by atoms with Gasteiger partial charge in [-0.3, -0.25) is 9.69 Å². The summed E-state index contributed by atoms with van der Waals surface area (Å²) in [5.41, 5.74) is 1.82. The number of hydrogen-bond donors (Lipinski definition) is 1. The van der Waals surface area contributed by atoms with Gasteiger partial charge in [-0.05, 0) is 46.1 Å². The van der Waals surface area contributed by atoms with Crippen LogP contribution in [0.25, 0.3) is 0 Å². The molecule has 2 rings (SSSR count). The second-order valence-corrected chi connectivity index (χ2v) is 6.46. The number of hydrogen-bond acceptors (Lipinski definition) is 6. The van der Waals surface area contributed by atoms with Gasteiger partial charge in [-0.25, -0.2) is 9.97 Å². The second kappa shape index (κ2) is 8.12. The van der Waals surface area contributed by atoms with E-state index in [4.69, 9.17) is 4.42 Å². The number of aromatic nitrogens is 2. The van der Waals surface area contributed by atoms with Crippen LogP contribution in [-0.4, -0.2) is 47.2 Å². The molecule has 0 aliphatic carbocycles. The van der Waals surface area contributed by atoms with Crippen LogP contribution in [0.1, 0.15) is 23.2 Å². The monoisotopic (exact) mass is 334 g/mol. The first-order valence-corrected chi connectivity index (χ1v) is 8.36. The molecule has 1 atom stereocenters. The van der Waals surface area contributed by atoms with Crippen LogP contribution in [0.15, 0.2) is 34.0 Å². The molecular formula is C16H22N4O2S. The summed E-state index contributed by atoms with van der Waals surface area (Å²) < 4.78 is 5.43. The van der Waals surface area contributed by atoms with Crippen LogP contribution in [0.3, 0.4) is 0 Å². The van der Waals surface area contributed by atoms with Crippen LogP contribution in [0.5, 0.6) is 0 Å². The van der Waals surface area contributed by atoms with E-state index in [1.165, 1.54) is 11.8 Å². The zero-order chi connectivity index (χ0) is 16.8. The quantitative estimate of drug-likeness (QED) is 0.618. The molecule has 2 aromatic rings. The molecule has 0 aliphatic heterocycles. The number of carbonyl (C=O) groups is 1. The van der Waals surface area contributed by atoms with E-state index in [0.29, 0.717) is 17.5 Å². The van der Waals surface area contributed by atoms with Crippen molar-refractivity contribution in [1.29, 1.82) is 0 Å². The molecule has 6 nitrogen and oxygen atoms in total. The van der Waals surface area contributed by atoms with Gasteiger partial charge < -0.3 is 9.73 Å². The van der Waals surface area contributed by atoms with Crippen molar-refractivity contribution in [1.82, 2.24) is 20.2 Å². The smallest absolute Gasteiger partial charge is 0.230 e. The molecule has 23 heavy (non-hydrogen) atoms. The average Bonchev–Trinajstić information content (AvgIpc) is 2.98. The standard InChI is InChI=1S/C16H22N4O2S/c1-11-8-12(2)19-16(18-11)23-10-15(21)17-9-13(20(3)4)14-6-5-7-22-14/h5-8,13H,9-10H2,1-4H3,(H,17,21). The minimum Gasteiger partial charge on any atom is -0.468 e. The van der Waals surface area contributed by atoms with Gasteiger partial charge in [0.1, 0.15) is 5.76 Å². The summed E-state index contributed by atoms with van der Waals surface area (Å²) in [6, 6.07) is 5.68. The Labute approximate surface area is 140 Å². The fourth-order valence-electron chi connectivity index (χ4n) is 2.17. The summed E-state index contributed by atoms with van der Waals surface area (Å²) in [5, 5.41) is 3.57. The Hall–Kier alpha value is -1.86. The van der Waals surface area contributed by atoms with Crippen molar-refractivity contribution < 1.29 is 9.21 Å². The molecule has 0 spiro atoms. The van der Waals surface area contributed by atoms with Gasteiger partial charge in [0.15, 0.2) is 5.16 Å². The van der Waals surface area contributed by atoms with Crippen molar-refractivity contribution in [2.24, 2.45) is 0 Å². The van der Waals surface area contributed by atoms with Crippen molar-refractivity contribution in [3.05, 3.63) is 41.6 Å². The Balaban J connectivity index is 1.84. The summed E-state index contributed by atoms with van der Waals surface area (Å²) in [7, 11) is 3.91. The highest BCUT2D eigenvalue weighted by molar-refractivity contribution is 7.99. The van der Waals surface area contributed by atoms with Gasteiger partial charge in [-0.1, -0.05) is 11.8 Å². The molecule has 0 radical (unpaired) electrons. The van der Waals surface area contributed by atoms with Crippen LogP contribution >= 0.6 is 11.8 Å². The molecule has 0 aliphatic rings. The Bertz CT molecular complexity index is 623. The summed E-state index contributed by atoms with van der Waals surface area (Å²) in [6.45, 7) is 4.33. The molecule has 1 N–H and O–H groups in total. The van der Waals surface area contributed by atoms with Crippen molar-refractivity contribution in [3.63, 3.8) is 0 Å². The van der Waals surface area contributed by atoms with E-state index < -0.39 is 0 Å². The summed E-state index contributed by atoms with van der Waals surface area (Å²) in [5.74, 6) is 1.08. The van der Waals surface area contributed by atoms with Crippen LogP contribution in [-0.2, 0) is 4.79 Å². The van der Waals surface area contributed by atoms with Gasteiger partial charge in [-0.15, -0.1) is 0 Å². The first kappa shape index (κ1) is 17.5. The van der Waals surface area contributed by atoms with Crippen molar-refractivity contribution in [2.45, 2.75) is 25.0 Å². The van der Waals surface area contributed by atoms with Crippen LogP contribution in [0.2, 0.25) is 0 Å². The van der Waals surface area contributed by atoms with Gasteiger partial charge in [0.25, 0.3) is 0 Å². The molecule has 0 bridgehead atoms. The van der Waals surface area contributed by atoms with Crippen LogP contribution in [0.4, 0.5) is 0 Å². The summed E-state index contributed by atoms with van der Waals surface area (Å²) in [6.07, 6.45) is 1.64. The van der Waals surface area contributed by atoms with E-state index in [-0.39, 0.29) is 11.9 Å². The number of nitrogens with one attached hydrogen (secondary N) is 1. The van der Waals surface area contributed by atoms with E-state index in [9.17, 15) is 4.79 Å². The van der Waals surface area contributed by atoms with E-state index >= 15 is 0 Å². The Morgan fingerprint density at radius 3 is 2.61 bits per heavy atom. The molecule has 2 aromatic heterocycles. The third-order valence-corrected chi connectivity index (χ3v) is 4.13. The average molecular weight is 334 g/mol. The minimum atomic E-state index is -0.0452. The molecule has 0 saturated carbocycles. The lowest BCUT2D eigenvalue weighted by Crippen LogP contribution is -2.35. The molecule has 0 aromatic carbocycles. The van der Waals surface area contributed by atoms with E-state index in [2.05, 4.69) is 15.3 Å². The molecule has 7 heteroatoms. The normalized spacial score (nSPS) is 12.4. The van der Waals surface area contributed by atoms with Crippen LogP contribution in [0, 0.1) is 13.8 Å². The maximum absolute atomic E-state index is 12.0. The molecule has 0 saturated heterocycles. The molecule has 1 unspecified atom stereocenters. The van der Waals surface area contributed by atoms with E-state index in [1.807, 2.05) is 51.0 Å². The van der Waals surface area contributed by atoms with E-state index in [0.717, 1.165) is 17.1 Å². The zero-order valence-electron chi connectivity index (χ0n) is 13.9. The first-order chi connectivity index (χ1) is 11.0. The number of amides is 1. The van der Waals surface area contributed by atoms with Crippen molar-refractivity contribution in [2.75, 3.05) is 26.4 Å². The lowest BCUT2D eigenvalue weighted by Gasteiger charge is -2.22. The Morgan fingerprint density at radius 1 is 1.35 bits per heavy atom. The van der Waals surface area contributed by atoms with E-state index in [1.54, 1.807) is 6.26 Å². The van der Waals surface area contributed by atoms with Gasteiger partial charge >= 0.3 is 0 Å². The number of rotatable bonds is 7. The second-order valence-electron chi connectivity index (χ2n) is 5.52. The largest absolute Gasteiger partial charge is 0.468 e. The van der Waals surface area contributed by atoms with Gasteiger partial charge in [0.05, 0.1) is 18.1 Å². The highest BCUT2D eigenvalue weighted by atomic mass is 32.2. The molecule has 2 heterocycles. The predicted molar refractivity (Wildman–Crippen MR) is 90.4 cm³/mol. The molecule has 124 valence electrons. The lowest BCUT2D eigenvalue weighted by atomic mass is 10.2. The number of furan rings is 1.